The molecule has 0 fully saturated rings. The van der Waals surface area contributed by atoms with E-state index in [4.69, 9.17) is 0 Å². The van der Waals surface area contributed by atoms with Gasteiger partial charge in [-0.15, -0.1) is 0 Å². The molecule has 0 amide bonds. The van der Waals surface area contributed by atoms with Gasteiger partial charge in [0.25, 0.3) is 10.0 Å². The summed E-state index contributed by atoms with van der Waals surface area (Å²) in [6.45, 7) is 2.66. The molecule has 108 valence electrons. The first-order valence-electron chi connectivity index (χ1n) is 6.24. The first-order chi connectivity index (χ1) is 9.54. The molecule has 0 aliphatic carbocycles. The van der Waals surface area contributed by atoms with Crippen LogP contribution in [0, 0.1) is 0 Å². The van der Waals surface area contributed by atoms with Gasteiger partial charge in [-0.1, -0.05) is 6.92 Å². The Morgan fingerprint density at radius 3 is 2.75 bits per heavy atom. The van der Waals surface area contributed by atoms with Gasteiger partial charge in [-0.3, -0.25) is 9.40 Å². The largest absolute Gasteiger partial charge is 0.369 e. The molecule has 0 aliphatic rings. The van der Waals surface area contributed by atoms with E-state index in [0.29, 0.717) is 18.2 Å². The van der Waals surface area contributed by atoms with E-state index >= 15 is 0 Å². The van der Waals surface area contributed by atoms with Crippen molar-refractivity contribution in [1.29, 1.82) is 0 Å². The second-order valence-corrected chi connectivity index (χ2v) is 5.87. The lowest BCUT2D eigenvalue weighted by Gasteiger charge is -2.12. The fraction of sp³-hybridized carbons (Fsp3) is 0.333. The van der Waals surface area contributed by atoms with Gasteiger partial charge in [0.1, 0.15) is 16.5 Å². The van der Waals surface area contributed by atoms with Crippen molar-refractivity contribution in [2.45, 2.75) is 18.2 Å². The van der Waals surface area contributed by atoms with E-state index in [1.54, 1.807) is 25.4 Å². The maximum Gasteiger partial charge on any atom is 0.266 e. The van der Waals surface area contributed by atoms with Crippen molar-refractivity contribution in [2.24, 2.45) is 7.05 Å². The lowest BCUT2D eigenvalue weighted by Crippen LogP contribution is -2.18. The Hall–Kier alpha value is -2.09. The summed E-state index contributed by atoms with van der Waals surface area (Å²) in [5, 5.41) is 6.94. The first-order valence-corrected chi connectivity index (χ1v) is 7.72. The van der Waals surface area contributed by atoms with Crippen LogP contribution in [0.4, 0.5) is 11.6 Å². The molecule has 7 nitrogen and oxygen atoms in total. The molecular weight excluding hydrogens is 278 g/mol. The van der Waals surface area contributed by atoms with E-state index in [-0.39, 0.29) is 4.90 Å². The molecule has 2 aromatic heterocycles. The molecule has 8 heteroatoms. The molecule has 0 bridgehead atoms. The van der Waals surface area contributed by atoms with E-state index in [0.717, 1.165) is 6.42 Å². The predicted molar refractivity (Wildman–Crippen MR) is 77.0 cm³/mol. The van der Waals surface area contributed by atoms with Gasteiger partial charge in [0.05, 0.1) is 6.20 Å². The van der Waals surface area contributed by atoms with Gasteiger partial charge >= 0.3 is 0 Å². The normalized spacial score (nSPS) is 11.3. The molecule has 20 heavy (non-hydrogen) atoms. The summed E-state index contributed by atoms with van der Waals surface area (Å²) in [5.41, 5.74) is 0. The van der Waals surface area contributed by atoms with Crippen LogP contribution in [0.25, 0.3) is 0 Å². The highest BCUT2D eigenvalue weighted by molar-refractivity contribution is 7.92. The van der Waals surface area contributed by atoms with Crippen LogP contribution in [0.1, 0.15) is 13.3 Å². The predicted octanol–water partition coefficient (Wildman–Crippen LogP) is 1.44. The van der Waals surface area contributed by atoms with E-state index in [2.05, 4.69) is 20.1 Å². The number of pyridine rings is 1. The van der Waals surface area contributed by atoms with Crippen LogP contribution in [0.2, 0.25) is 0 Å². The van der Waals surface area contributed by atoms with Crippen molar-refractivity contribution in [3.05, 3.63) is 30.6 Å². The van der Waals surface area contributed by atoms with Crippen molar-refractivity contribution >= 4 is 21.7 Å². The monoisotopic (exact) mass is 295 g/mol. The van der Waals surface area contributed by atoms with E-state index in [9.17, 15) is 8.42 Å². The Kier molecular flexibility index (Phi) is 4.23. The third-order valence-electron chi connectivity index (χ3n) is 2.66. The topological polar surface area (TPSA) is 88.9 Å². The van der Waals surface area contributed by atoms with Crippen LogP contribution < -0.4 is 10.0 Å². The SMILES string of the molecule is CCCNc1ncccc1S(=O)(=O)Nc1ccnn1C. The third kappa shape index (κ3) is 3.08. The molecule has 0 aliphatic heterocycles. The highest BCUT2D eigenvalue weighted by Crippen LogP contribution is 2.21. The summed E-state index contributed by atoms with van der Waals surface area (Å²) in [7, 11) is -2.04. The van der Waals surface area contributed by atoms with Crippen molar-refractivity contribution < 1.29 is 8.42 Å². The van der Waals surface area contributed by atoms with E-state index in [1.807, 2.05) is 6.92 Å². The average molecular weight is 295 g/mol. The fourth-order valence-corrected chi connectivity index (χ4v) is 2.87. The van der Waals surface area contributed by atoms with Crippen LogP contribution >= 0.6 is 0 Å². The summed E-state index contributed by atoms with van der Waals surface area (Å²) < 4.78 is 28.8. The molecule has 2 rings (SSSR count). The number of nitrogens with one attached hydrogen (secondary N) is 2. The van der Waals surface area contributed by atoms with Gasteiger partial charge < -0.3 is 5.32 Å². The second-order valence-electron chi connectivity index (χ2n) is 4.22. The highest BCUT2D eigenvalue weighted by Gasteiger charge is 2.20. The summed E-state index contributed by atoms with van der Waals surface area (Å²) in [6, 6.07) is 4.70. The molecule has 0 radical (unpaired) electrons. The van der Waals surface area contributed by atoms with Crippen LogP contribution in [-0.4, -0.2) is 29.7 Å². The van der Waals surface area contributed by atoms with Crippen LogP contribution in [0.5, 0.6) is 0 Å². The van der Waals surface area contributed by atoms with Crippen LogP contribution in [0.15, 0.2) is 35.5 Å². The molecule has 2 N–H and O–H groups in total. The second kappa shape index (κ2) is 5.91. The number of nitrogens with zero attached hydrogens (tertiary/aromatic N) is 3. The number of rotatable bonds is 6. The number of hydrogen-bond acceptors (Lipinski definition) is 5. The number of sulfonamides is 1. The van der Waals surface area contributed by atoms with Gasteiger partial charge in [-0.05, 0) is 18.6 Å². The van der Waals surface area contributed by atoms with Gasteiger partial charge in [0.2, 0.25) is 0 Å². The lowest BCUT2D eigenvalue weighted by atomic mass is 10.4. The standard InChI is InChI=1S/C12H17N5O2S/c1-3-7-13-12-10(5-4-8-14-12)20(18,19)16-11-6-9-15-17(11)2/h4-6,8-9,16H,3,7H2,1-2H3,(H,13,14). The zero-order valence-corrected chi connectivity index (χ0v) is 12.2. The van der Waals surface area contributed by atoms with Gasteiger partial charge in [0.15, 0.2) is 0 Å². The van der Waals surface area contributed by atoms with Crippen molar-refractivity contribution in [3.63, 3.8) is 0 Å². The number of hydrogen-bond donors (Lipinski definition) is 2. The minimum atomic E-state index is -3.70. The van der Waals surface area contributed by atoms with Crippen molar-refractivity contribution in [1.82, 2.24) is 14.8 Å². The Balaban J connectivity index is 2.32. The average Bonchev–Trinajstić information content (AvgIpc) is 2.81. The summed E-state index contributed by atoms with van der Waals surface area (Å²) in [6.07, 6.45) is 3.96. The minimum absolute atomic E-state index is 0.120. The zero-order chi connectivity index (χ0) is 14.6. The number of aromatic nitrogens is 3. The minimum Gasteiger partial charge on any atom is -0.369 e. The highest BCUT2D eigenvalue weighted by atomic mass is 32.2. The van der Waals surface area contributed by atoms with Gasteiger partial charge in [-0.25, -0.2) is 13.4 Å². The Bertz CT molecular complexity index is 681. The van der Waals surface area contributed by atoms with Crippen molar-refractivity contribution in [2.75, 3.05) is 16.6 Å². The van der Waals surface area contributed by atoms with Crippen molar-refractivity contribution in [3.8, 4) is 0 Å². The molecule has 0 unspecified atom stereocenters. The van der Waals surface area contributed by atoms with Crippen LogP contribution in [-0.2, 0) is 17.1 Å². The lowest BCUT2D eigenvalue weighted by molar-refractivity contribution is 0.600. The molecule has 2 heterocycles. The Morgan fingerprint density at radius 1 is 1.30 bits per heavy atom. The van der Waals surface area contributed by atoms with E-state index in [1.165, 1.54) is 16.9 Å². The van der Waals surface area contributed by atoms with Crippen LogP contribution in [0.3, 0.4) is 0 Å². The number of aryl methyl sites for hydroxylation is 1. The summed E-state index contributed by atoms with van der Waals surface area (Å²) in [4.78, 5) is 4.20. The van der Waals surface area contributed by atoms with Gasteiger partial charge in [-0.2, -0.15) is 5.10 Å². The molecule has 0 aromatic carbocycles. The summed E-state index contributed by atoms with van der Waals surface area (Å²) in [5.74, 6) is 0.749. The number of anilines is 2. The molecule has 0 saturated heterocycles. The third-order valence-corrected chi connectivity index (χ3v) is 4.05. The first kappa shape index (κ1) is 14.3. The molecular formula is C12H17N5O2S. The fourth-order valence-electron chi connectivity index (χ4n) is 1.65. The molecule has 0 spiro atoms. The molecule has 2 aromatic rings. The molecule has 0 saturated carbocycles. The van der Waals surface area contributed by atoms with Gasteiger partial charge in [0, 0.05) is 25.9 Å². The smallest absolute Gasteiger partial charge is 0.266 e. The quantitative estimate of drug-likeness (QED) is 0.841. The summed E-state index contributed by atoms with van der Waals surface area (Å²) >= 11 is 0. The maximum atomic E-state index is 12.4. The Labute approximate surface area is 118 Å². The van der Waals surface area contributed by atoms with E-state index < -0.39 is 10.0 Å². The molecule has 0 atom stereocenters. The maximum absolute atomic E-state index is 12.4. The Morgan fingerprint density at radius 2 is 2.10 bits per heavy atom. The zero-order valence-electron chi connectivity index (χ0n) is 11.4.